The standard InChI is InChI=1S/C6H8N4O3/c1-4(8-11)5-3-6(10(12)13)7-9(5)2/h3,11H,1-2H3. The van der Waals surface area contributed by atoms with Crippen molar-refractivity contribution in [2.75, 3.05) is 0 Å². The van der Waals surface area contributed by atoms with Gasteiger partial charge in [0.15, 0.2) is 0 Å². The van der Waals surface area contributed by atoms with Crippen LogP contribution in [0.3, 0.4) is 0 Å². The smallest absolute Gasteiger partial charge is 0.390 e. The first kappa shape index (κ1) is 9.17. The van der Waals surface area contributed by atoms with E-state index in [0.29, 0.717) is 5.69 Å². The predicted molar refractivity (Wildman–Crippen MR) is 43.9 cm³/mol. The number of oxime groups is 1. The summed E-state index contributed by atoms with van der Waals surface area (Å²) >= 11 is 0. The average molecular weight is 184 g/mol. The third-order valence-corrected chi connectivity index (χ3v) is 1.57. The quantitative estimate of drug-likeness (QED) is 0.314. The van der Waals surface area contributed by atoms with Crippen LogP contribution in [0.1, 0.15) is 12.6 Å². The molecule has 0 aliphatic rings. The molecular weight excluding hydrogens is 176 g/mol. The molecule has 1 rings (SSSR count). The molecule has 0 saturated heterocycles. The monoisotopic (exact) mass is 184 g/mol. The van der Waals surface area contributed by atoms with Gasteiger partial charge in [-0.05, 0) is 11.8 Å². The molecule has 0 spiro atoms. The summed E-state index contributed by atoms with van der Waals surface area (Å²) in [7, 11) is 1.54. The fraction of sp³-hybridized carbons (Fsp3) is 0.333. The van der Waals surface area contributed by atoms with Crippen LogP contribution in [0.5, 0.6) is 0 Å². The molecule has 0 aromatic carbocycles. The molecular formula is C6H8N4O3. The van der Waals surface area contributed by atoms with Gasteiger partial charge in [0, 0.05) is 0 Å². The van der Waals surface area contributed by atoms with Crippen LogP contribution in [0.4, 0.5) is 5.82 Å². The summed E-state index contributed by atoms with van der Waals surface area (Å²) in [5.74, 6) is -0.263. The summed E-state index contributed by atoms with van der Waals surface area (Å²) in [5, 5.41) is 25.3. The van der Waals surface area contributed by atoms with Gasteiger partial charge in [-0.25, -0.2) is 0 Å². The maximum atomic E-state index is 10.3. The second-order valence-corrected chi connectivity index (χ2v) is 2.45. The summed E-state index contributed by atoms with van der Waals surface area (Å²) in [6, 6.07) is 1.25. The van der Waals surface area contributed by atoms with E-state index in [0.717, 1.165) is 0 Å². The summed E-state index contributed by atoms with van der Waals surface area (Å²) in [6.45, 7) is 1.53. The van der Waals surface area contributed by atoms with E-state index in [1.807, 2.05) is 0 Å². The molecule has 0 bridgehead atoms. The second-order valence-electron chi connectivity index (χ2n) is 2.45. The molecule has 1 N–H and O–H groups in total. The molecule has 0 saturated carbocycles. The van der Waals surface area contributed by atoms with Gasteiger partial charge >= 0.3 is 5.82 Å². The Hall–Kier alpha value is -1.92. The van der Waals surface area contributed by atoms with Crippen LogP contribution in [0, 0.1) is 10.1 Å². The number of hydrogen-bond acceptors (Lipinski definition) is 5. The SMILES string of the molecule is CC(=NO)c1cc([N+](=O)[O-])nn1C. The van der Waals surface area contributed by atoms with E-state index >= 15 is 0 Å². The molecule has 0 aliphatic heterocycles. The maximum absolute atomic E-state index is 10.3. The van der Waals surface area contributed by atoms with Crippen molar-refractivity contribution in [3.8, 4) is 0 Å². The highest BCUT2D eigenvalue weighted by molar-refractivity contribution is 5.97. The van der Waals surface area contributed by atoms with Crippen LogP contribution in [-0.2, 0) is 7.05 Å². The van der Waals surface area contributed by atoms with E-state index in [4.69, 9.17) is 5.21 Å². The van der Waals surface area contributed by atoms with Gasteiger partial charge in [-0.1, -0.05) is 5.16 Å². The molecule has 0 fully saturated rings. The Labute approximate surface area is 73.4 Å². The molecule has 0 atom stereocenters. The Balaban J connectivity index is 3.18. The van der Waals surface area contributed by atoms with Crippen molar-refractivity contribution in [2.24, 2.45) is 12.2 Å². The number of aromatic nitrogens is 2. The molecule has 1 aromatic heterocycles. The lowest BCUT2D eigenvalue weighted by molar-refractivity contribution is -0.389. The van der Waals surface area contributed by atoms with Crippen LogP contribution in [0.25, 0.3) is 0 Å². The normalized spacial score (nSPS) is 11.7. The van der Waals surface area contributed by atoms with Crippen molar-refractivity contribution in [3.63, 3.8) is 0 Å². The van der Waals surface area contributed by atoms with Crippen LogP contribution in [-0.4, -0.2) is 25.6 Å². The van der Waals surface area contributed by atoms with Gasteiger partial charge in [0.2, 0.25) is 0 Å². The molecule has 0 amide bonds. The van der Waals surface area contributed by atoms with Gasteiger partial charge in [0.05, 0.1) is 18.2 Å². The first-order valence-electron chi connectivity index (χ1n) is 3.43. The van der Waals surface area contributed by atoms with Gasteiger partial charge in [0.25, 0.3) is 0 Å². The lowest BCUT2D eigenvalue weighted by Crippen LogP contribution is -2.03. The highest BCUT2D eigenvalue weighted by Crippen LogP contribution is 2.11. The first-order valence-corrected chi connectivity index (χ1v) is 3.43. The van der Waals surface area contributed by atoms with Crippen LogP contribution in [0.15, 0.2) is 11.2 Å². The third kappa shape index (κ3) is 1.63. The molecule has 1 aromatic rings. The van der Waals surface area contributed by atoms with Crippen molar-refractivity contribution < 1.29 is 10.1 Å². The van der Waals surface area contributed by atoms with Crippen molar-refractivity contribution in [3.05, 3.63) is 21.9 Å². The van der Waals surface area contributed by atoms with Crippen molar-refractivity contribution in [1.82, 2.24) is 9.78 Å². The van der Waals surface area contributed by atoms with Crippen LogP contribution >= 0.6 is 0 Å². The lowest BCUT2D eigenvalue weighted by Gasteiger charge is -1.91. The topological polar surface area (TPSA) is 93.6 Å². The van der Waals surface area contributed by atoms with Crippen molar-refractivity contribution in [1.29, 1.82) is 0 Å². The van der Waals surface area contributed by atoms with Gasteiger partial charge in [-0.3, -0.25) is 0 Å². The zero-order valence-electron chi connectivity index (χ0n) is 7.13. The zero-order valence-corrected chi connectivity index (χ0v) is 7.13. The fourth-order valence-corrected chi connectivity index (χ4v) is 0.931. The Morgan fingerprint density at radius 2 is 2.46 bits per heavy atom. The third-order valence-electron chi connectivity index (χ3n) is 1.57. The first-order chi connectivity index (χ1) is 6.06. The van der Waals surface area contributed by atoms with Gasteiger partial charge in [-0.15, -0.1) is 0 Å². The summed E-state index contributed by atoms with van der Waals surface area (Å²) in [5.41, 5.74) is 0.692. The van der Waals surface area contributed by atoms with E-state index in [1.54, 1.807) is 0 Å². The van der Waals surface area contributed by atoms with Crippen molar-refractivity contribution in [2.45, 2.75) is 6.92 Å². The lowest BCUT2D eigenvalue weighted by atomic mass is 10.3. The Bertz CT molecular complexity index is 368. The van der Waals surface area contributed by atoms with Crippen molar-refractivity contribution >= 4 is 11.5 Å². The summed E-state index contributed by atoms with van der Waals surface area (Å²) in [6.07, 6.45) is 0. The molecule has 7 heteroatoms. The largest absolute Gasteiger partial charge is 0.411 e. The average Bonchev–Trinajstić information content (AvgIpc) is 2.46. The maximum Gasteiger partial charge on any atom is 0.390 e. The number of aryl methyl sites for hydroxylation is 1. The summed E-state index contributed by atoms with van der Waals surface area (Å²) < 4.78 is 1.28. The van der Waals surface area contributed by atoms with Gasteiger partial charge < -0.3 is 15.3 Å². The predicted octanol–water partition coefficient (Wildman–Crippen LogP) is 0.526. The highest BCUT2D eigenvalue weighted by atomic mass is 16.6. The Morgan fingerprint density at radius 3 is 2.85 bits per heavy atom. The number of hydrogen-bond donors (Lipinski definition) is 1. The fourth-order valence-electron chi connectivity index (χ4n) is 0.931. The molecule has 7 nitrogen and oxygen atoms in total. The minimum Gasteiger partial charge on any atom is -0.411 e. The minimum absolute atomic E-state index is 0.263. The van der Waals surface area contributed by atoms with E-state index in [1.165, 1.54) is 24.7 Å². The second kappa shape index (κ2) is 3.21. The van der Waals surface area contributed by atoms with E-state index < -0.39 is 4.92 Å². The minimum atomic E-state index is -0.603. The van der Waals surface area contributed by atoms with Crippen LogP contribution in [0.2, 0.25) is 0 Å². The number of nitro groups is 1. The van der Waals surface area contributed by atoms with E-state index in [9.17, 15) is 10.1 Å². The molecule has 0 aliphatic carbocycles. The van der Waals surface area contributed by atoms with Gasteiger partial charge in [0.1, 0.15) is 11.4 Å². The van der Waals surface area contributed by atoms with E-state index in [2.05, 4.69) is 10.3 Å². The summed E-state index contributed by atoms with van der Waals surface area (Å²) in [4.78, 5) is 9.70. The molecule has 13 heavy (non-hydrogen) atoms. The Morgan fingerprint density at radius 1 is 1.85 bits per heavy atom. The molecule has 1 heterocycles. The number of rotatable bonds is 2. The van der Waals surface area contributed by atoms with Crippen LogP contribution < -0.4 is 0 Å². The number of nitrogens with zero attached hydrogens (tertiary/aromatic N) is 4. The highest BCUT2D eigenvalue weighted by Gasteiger charge is 2.17. The molecule has 0 unspecified atom stereocenters. The Kier molecular flexibility index (Phi) is 2.27. The molecule has 70 valence electrons. The zero-order chi connectivity index (χ0) is 10.0. The van der Waals surface area contributed by atoms with E-state index in [-0.39, 0.29) is 11.5 Å². The molecule has 0 radical (unpaired) electrons. The van der Waals surface area contributed by atoms with Gasteiger partial charge in [-0.2, -0.15) is 4.68 Å².